The van der Waals surface area contributed by atoms with Crippen molar-refractivity contribution in [2.24, 2.45) is 0 Å². The zero-order valence-corrected chi connectivity index (χ0v) is 10.2. The third kappa shape index (κ3) is 2.17. The van der Waals surface area contributed by atoms with E-state index in [4.69, 9.17) is 4.52 Å². The van der Waals surface area contributed by atoms with Crippen molar-refractivity contribution >= 4 is 5.91 Å². The number of carbonyl (C=O) groups is 1. The van der Waals surface area contributed by atoms with Gasteiger partial charge in [-0.3, -0.25) is 4.79 Å². The van der Waals surface area contributed by atoms with Gasteiger partial charge < -0.3 is 15.2 Å². The van der Waals surface area contributed by atoms with Gasteiger partial charge in [0.25, 0.3) is 11.7 Å². The number of nitrogens with one attached hydrogen (secondary N) is 2. The van der Waals surface area contributed by atoms with Gasteiger partial charge in [-0.15, -0.1) is 0 Å². The van der Waals surface area contributed by atoms with Crippen molar-refractivity contribution < 1.29 is 9.32 Å². The molecule has 1 atom stereocenters. The Labute approximate surface area is 100 Å². The molecule has 0 saturated carbocycles. The molecule has 2 heterocycles. The smallest absolute Gasteiger partial charge is 0.292 e. The molecule has 94 valence electrons. The fourth-order valence-corrected chi connectivity index (χ4v) is 2.36. The molecule has 1 aliphatic rings. The molecule has 1 saturated heterocycles. The fourth-order valence-electron chi connectivity index (χ4n) is 2.36. The lowest BCUT2D eigenvalue weighted by atomic mass is 9.92. The van der Waals surface area contributed by atoms with Crippen LogP contribution >= 0.6 is 0 Å². The number of rotatable bonds is 4. The van der Waals surface area contributed by atoms with E-state index in [1.807, 2.05) is 0 Å². The molecule has 0 aliphatic carbocycles. The van der Waals surface area contributed by atoms with Crippen LogP contribution in [0.1, 0.15) is 49.1 Å². The highest BCUT2D eigenvalue weighted by Gasteiger charge is 2.40. The molecule has 0 spiro atoms. The standard InChI is InChI=1S/C11H18N4O2/c1-3-5-11(6-4-7-13-11)10-14-8(15-17-10)9(16)12-2/h13H,3-7H2,1-2H3,(H,12,16). The van der Waals surface area contributed by atoms with Gasteiger partial charge in [-0.05, 0) is 25.8 Å². The SMILES string of the molecule is CCCC1(c2nc(C(=O)NC)no2)CCCN1. The summed E-state index contributed by atoms with van der Waals surface area (Å²) in [4.78, 5) is 15.6. The topological polar surface area (TPSA) is 80.1 Å². The molecule has 0 radical (unpaired) electrons. The third-order valence-corrected chi connectivity index (χ3v) is 3.19. The van der Waals surface area contributed by atoms with Gasteiger partial charge >= 0.3 is 0 Å². The Bertz CT molecular complexity index is 396. The van der Waals surface area contributed by atoms with E-state index in [-0.39, 0.29) is 17.3 Å². The quantitative estimate of drug-likeness (QED) is 0.811. The van der Waals surface area contributed by atoms with Crippen LogP contribution in [0.3, 0.4) is 0 Å². The van der Waals surface area contributed by atoms with Crippen molar-refractivity contribution in [2.45, 2.75) is 38.1 Å². The molecule has 1 aliphatic heterocycles. The summed E-state index contributed by atoms with van der Waals surface area (Å²) in [6.45, 7) is 3.08. The Morgan fingerprint density at radius 3 is 3.06 bits per heavy atom. The van der Waals surface area contributed by atoms with Gasteiger partial charge in [-0.25, -0.2) is 0 Å². The number of amides is 1. The first-order valence-electron chi connectivity index (χ1n) is 6.03. The van der Waals surface area contributed by atoms with Crippen molar-refractivity contribution in [1.82, 2.24) is 20.8 Å². The minimum absolute atomic E-state index is 0.103. The van der Waals surface area contributed by atoms with Crippen LogP contribution in [0.5, 0.6) is 0 Å². The van der Waals surface area contributed by atoms with Gasteiger partial charge in [-0.1, -0.05) is 18.5 Å². The van der Waals surface area contributed by atoms with Gasteiger partial charge in [0.2, 0.25) is 5.89 Å². The second-order valence-corrected chi connectivity index (χ2v) is 4.36. The highest BCUT2D eigenvalue weighted by molar-refractivity contribution is 5.89. The maximum atomic E-state index is 11.4. The summed E-state index contributed by atoms with van der Waals surface area (Å²) in [6.07, 6.45) is 4.06. The Morgan fingerprint density at radius 1 is 1.65 bits per heavy atom. The zero-order chi connectivity index (χ0) is 12.3. The van der Waals surface area contributed by atoms with Gasteiger partial charge in [0.15, 0.2) is 0 Å². The molecule has 1 fully saturated rings. The highest BCUT2D eigenvalue weighted by atomic mass is 16.5. The minimum Gasteiger partial charge on any atom is -0.352 e. The molecular weight excluding hydrogens is 220 g/mol. The predicted octanol–water partition coefficient (Wildman–Crippen LogP) is 0.808. The Hall–Kier alpha value is -1.43. The molecule has 6 nitrogen and oxygen atoms in total. The van der Waals surface area contributed by atoms with E-state index in [9.17, 15) is 4.79 Å². The summed E-state index contributed by atoms with van der Waals surface area (Å²) in [6, 6.07) is 0. The first-order chi connectivity index (χ1) is 8.22. The van der Waals surface area contributed by atoms with E-state index in [1.165, 1.54) is 0 Å². The molecule has 6 heteroatoms. The summed E-state index contributed by atoms with van der Waals surface area (Å²) in [5, 5.41) is 9.64. The van der Waals surface area contributed by atoms with Crippen molar-refractivity contribution in [3.8, 4) is 0 Å². The number of hydrogen-bond acceptors (Lipinski definition) is 5. The largest absolute Gasteiger partial charge is 0.352 e. The van der Waals surface area contributed by atoms with E-state index in [0.29, 0.717) is 5.89 Å². The van der Waals surface area contributed by atoms with Crippen LogP contribution in [0.15, 0.2) is 4.52 Å². The van der Waals surface area contributed by atoms with Crippen molar-refractivity contribution in [1.29, 1.82) is 0 Å². The molecule has 0 bridgehead atoms. The van der Waals surface area contributed by atoms with Crippen LogP contribution in [-0.4, -0.2) is 29.6 Å². The van der Waals surface area contributed by atoms with Crippen LogP contribution < -0.4 is 10.6 Å². The van der Waals surface area contributed by atoms with Crippen LogP contribution in [0.25, 0.3) is 0 Å². The normalized spacial score (nSPS) is 23.9. The predicted molar refractivity (Wildman–Crippen MR) is 61.5 cm³/mol. The van der Waals surface area contributed by atoms with Crippen LogP contribution in [0.4, 0.5) is 0 Å². The summed E-state index contributed by atoms with van der Waals surface area (Å²) < 4.78 is 5.24. The van der Waals surface area contributed by atoms with Crippen molar-refractivity contribution in [3.05, 3.63) is 11.7 Å². The van der Waals surface area contributed by atoms with Crippen LogP contribution in [-0.2, 0) is 5.54 Å². The van der Waals surface area contributed by atoms with Crippen molar-refractivity contribution in [2.75, 3.05) is 13.6 Å². The first-order valence-corrected chi connectivity index (χ1v) is 6.03. The summed E-state index contributed by atoms with van der Waals surface area (Å²) >= 11 is 0. The Kier molecular flexibility index (Phi) is 3.42. The maximum absolute atomic E-state index is 11.4. The van der Waals surface area contributed by atoms with Gasteiger partial charge in [-0.2, -0.15) is 4.98 Å². The molecule has 2 N–H and O–H groups in total. The second-order valence-electron chi connectivity index (χ2n) is 4.36. The van der Waals surface area contributed by atoms with E-state index in [0.717, 1.165) is 32.2 Å². The molecule has 1 amide bonds. The van der Waals surface area contributed by atoms with E-state index < -0.39 is 0 Å². The molecule has 1 unspecified atom stereocenters. The molecule has 17 heavy (non-hydrogen) atoms. The van der Waals surface area contributed by atoms with Crippen molar-refractivity contribution in [3.63, 3.8) is 0 Å². The highest BCUT2D eigenvalue weighted by Crippen LogP contribution is 2.34. The van der Waals surface area contributed by atoms with Crippen LogP contribution in [0.2, 0.25) is 0 Å². The molecular formula is C11H18N4O2. The lowest BCUT2D eigenvalue weighted by Gasteiger charge is -2.24. The van der Waals surface area contributed by atoms with E-state index in [1.54, 1.807) is 7.05 Å². The summed E-state index contributed by atoms with van der Waals surface area (Å²) in [5.41, 5.74) is -0.228. The van der Waals surface area contributed by atoms with E-state index >= 15 is 0 Å². The number of carbonyl (C=O) groups excluding carboxylic acids is 1. The Balaban J connectivity index is 2.25. The lowest BCUT2D eigenvalue weighted by molar-refractivity contribution is 0.0950. The monoisotopic (exact) mass is 238 g/mol. The average molecular weight is 238 g/mol. The van der Waals surface area contributed by atoms with Gasteiger partial charge in [0, 0.05) is 7.05 Å². The molecule has 0 aromatic carbocycles. The van der Waals surface area contributed by atoms with Gasteiger partial charge in [0.05, 0.1) is 5.54 Å². The fraction of sp³-hybridized carbons (Fsp3) is 0.727. The molecule has 1 aromatic rings. The minimum atomic E-state index is -0.315. The maximum Gasteiger partial charge on any atom is 0.292 e. The van der Waals surface area contributed by atoms with Crippen LogP contribution in [0, 0.1) is 0 Å². The van der Waals surface area contributed by atoms with Gasteiger partial charge in [0.1, 0.15) is 0 Å². The molecule has 2 rings (SSSR count). The lowest BCUT2D eigenvalue weighted by Crippen LogP contribution is -2.37. The number of nitrogens with zero attached hydrogens (tertiary/aromatic N) is 2. The number of hydrogen-bond donors (Lipinski definition) is 2. The molecule has 1 aromatic heterocycles. The second kappa shape index (κ2) is 4.83. The third-order valence-electron chi connectivity index (χ3n) is 3.19. The first kappa shape index (κ1) is 12.0. The zero-order valence-electron chi connectivity index (χ0n) is 10.2. The average Bonchev–Trinajstić information content (AvgIpc) is 2.97. The van der Waals surface area contributed by atoms with E-state index in [2.05, 4.69) is 27.7 Å². The summed E-state index contributed by atoms with van der Waals surface area (Å²) in [5.74, 6) is 0.326. The summed E-state index contributed by atoms with van der Waals surface area (Å²) in [7, 11) is 1.55. The Morgan fingerprint density at radius 2 is 2.47 bits per heavy atom. The number of aromatic nitrogens is 2.